The molecule has 20 heteroatoms. The van der Waals surface area contributed by atoms with Crippen LogP contribution in [-0.4, -0.2) is 160 Å². The molecule has 1 aliphatic carbocycles. The van der Waals surface area contributed by atoms with E-state index in [4.69, 9.17) is 45.0 Å². The van der Waals surface area contributed by atoms with E-state index in [1.165, 1.54) is 11.1 Å². The van der Waals surface area contributed by atoms with Gasteiger partial charge < -0.3 is 49.3 Å². The molecule has 0 bridgehead atoms. The summed E-state index contributed by atoms with van der Waals surface area (Å²) in [6.07, 6.45) is 4.12. The number of hydrogen-bond donors (Lipinski definition) is 3. The van der Waals surface area contributed by atoms with Gasteiger partial charge in [-0.1, -0.05) is 81.3 Å². The molecule has 3 aromatic rings. The van der Waals surface area contributed by atoms with Crippen molar-refractivity contribution >= 4 is 58.4 Å². The maximum Gasteiger partial charge on any atom is 0.246 e. The van der Waals surface area contributed by atoms with Crippen LogP contribution < -0.4 is 16.0 Å². The molecule has 1 fully saturated rings. The first-order valence-electron chi connectivity index (χ1n) is 27.1. The van der Waals surface area contributed by atoms with Crippen LogP contribution in [0.4, 0.5) is 0 Å². The number of nitrogens with zero attached hydrogens (tertiary/aromatic N) is 6. The van der Waals surface area contributed by atoms with Crippen LogP contribution >= 0.6 is 11.6 Å². The predicted octanol–water partition coefficient (Wildman–Crippen LogP) is 6.63. The number of carbonyl (C=O) groups excluding carboxylic acids is 4. The summed E-state index contributed by atoms with van der Waals surface area (Å²) in [5.41, 5.74) is 9.96. The summed E-state index contributed by atoms with van der Waals surface area (Å²) in [6.45, 7) is 20.5. The van der Waals surface area contributed by atoms with Gasteiger partial charge in [0, 0.05) is 66.2 Å². The van der Waals surface area contributed by atoms with Crippen molar-refractivity contribution in [3.63, 3.8) is 0 Å². The summed E-state index contributed by atoms with van der Waals surface area (Å²) >= 11 is 6.24. The Morgan fingerprint density at radius 2 is 1.36 bits per heavy atom. The number of aromatic nitrogens is 3. The molecule has 4 aliphatic rings. The molecule has 7 rings (SSSR count). The summed E-state index contributed by atoms with van der Waals surface area (Å²) in [5.74, 6) is 0.429. The average molecular weight is 1100 g/mol. The highest BCUT2D eigenvalue weighted by molar-refractivity contribution is 6.31. The van der Waals surface area contributed by atoms with E-state index in [1.54, 1.807) is 4.90 Å². The Morgan fingerprint density at radius 1 is 0.756 bits per heavy atom. The predicted molar refractivity (Wildman–Crippen MR) is 299 cm³/mol. The zero-order valence-electron chi connectivity index (χ0n) is 46.6. The molecule has 1 aromatic heterocycles. The normalized spacial score (nSPS) is 18.6. The molecule has 4 unspecified atom stereocenters. The van der Waals surface area contributed by atoms with Crippen molar-refractivity contribution in [2.75, 3.05) is 92.4 Å². The number of amides is 4. The molecular weight excluding hydrogens is 1020 g/mol. The highest BCUT2D eigenvalue weighted by atomic mass is 35.5. The minimum absolute atomic E-state index is 0.101. The second kappa shape index (κ2) is 28.8. The molecule has 4 atom stereocenters. The molecule has 0 spiro atoms. The van der Waals surface area contributed by atoms with Crippen LogP contribution in [0.1, 0.15) is 109 Å². The molecule has 2 aromatic carbocycles. The lowest BCUT2D eigenvalue weighted by molar-refractivity contribution is -0.144. The minimum Gasteiger partial charge on any atom is -0.377 e. The lowest BCUT2D eigenvalue weighted by atomic mass is 9.85. The Bertz CT molecular complexity index is 2730. The van der Waals surface area contributed by atoms with Gasteiger partial charge >= 0.3 is 0 Å². The number of aliphatic imine (C=N–C) groups is 2. The molecule has 1 saturated heterocycles. The SMILES string of the molecule is CC1=C(C)C2=C(C1)n1c(C)nnc1C(CC(=O)NCCOCCOCCOCCOCCOCCOCC(=O)NC(C(=O)N1CC(C)CC1C(=O)NCc1ccc(C3=C(C)N=CC3)cc1)C(C)(C)C)N=C2c1ccc(Cl)cc1. The Balaban J connectivity index is 0.684. The summed E-state index contributed by atoms with van der Waals surface area (Å²) in [7, 11) is 0. The van der Waals surface area contributed by atoms with Crippen molar-refractivity contribution in [3.05, 3.63) is 104 Å². The average Bonchev–Trinajstić information content (AvgIpc) is 4.27. The van der Waals surface area contributed by atoms with Crippen LogP contribution in [0.2, 0.25) is 5.02 Å². The Morgan fingerprint density at radius 3 is 1.96 bits per heavy atom. The molecule has 3 N–H and O–H groups in total. The second-order valence-corrected chi connectivity index (χ2v) is 21.7. The molecular formula is C58H78ClN9O10. The lowest BCUT2D eigenvalue weighted by Gasteiger charge is -2.35. The third-order valence-corrected chi connectivity index (χ3v) is 14.4. The maximum absolute atomic E-state index is 14.1. The van der Waals surface area contributed by atoms with Crippen molar-refractivity contribution in [2.24, 2.45) is 21.3 Å². The Hall–Kier alpha value is -5.93. The summed E-state index contributed by atoms with van der Waals surface area (Å²) in [4.78, 5) is 65.0. The van der Waals surface area contributed by atoms with Crippen LogP contribution in [0.3, 0.4) is 0 Å². The first-order chi connectivity index (χ1) is 37.5. The van der Waals surface area contributed by atoms with Crippen LogP contribution in [0.15, 0.2) is 80.9 Å². The van der Waals surface area contributed by atoms with Gasteiger partial charge in [-0.3, -0.25) is 33.7 Å². The van der Waals surface area contributed by atoms with Gasteiger partial charge in [-0.25, -0.2) is 0 Å². The zero-order chi connectivity index (χ0) is 55.8. The number of ether oxygens (including phenoxy) is 6. The fourth-order valence-corrected chi connectivity index (χ4v) is 9.99. The molecule has 0 saturated carbocycles. The van der Waals surface area contributed by atoms with Crippen LogP contribution in [0, 0.1) is 18.3 Å². The Labute approximate surface area is 463 Å². The monoisotopic (exact) mass is 1100 g/mol. The van der Waals surface area contributed by atoms with Crippen molar-refractivity contribution in [3.8, 4) is 0 Å². The van der Waals surface area contributed by atoms with Crippen molar-refractivity contribution in [2.45, 2.75) is 106 Å². The lowest BCUT2D eigenvalue weighted by Crippen LogP contribution is -2.58. The van der Waals surface area contributed by atoms with Gasteiger partial charge in [-0.2, -0.15) is 0 Å². The molecule has 3 aliphatic heterocycles. The molecule has 4 amide bonds. The van der Waals surface area contributed by atoms with E-state index in [1.807, 2.05) is 96.3 Å². The van der Waals surface area contributed by atoms with Crippen LogP contribution in [0.5, 0.6) is 0 Å². The number of fused-ring (bicyclic) bond motifs is 2. The summed E-state index contributed by atoms with van der Waals surface area (Å²) in [6, 6.07) is 13.7. The highest BCUT2D eigenvalue weighted by Gasteiger charge is 2.44. The number of aryl methyl sites for hydroxylation is 1. The molecule has 4 heterocycles. The number of allylic oxidation sites excluding steroid dienone is 6. The van der Waals surface area contributed by atoms with Gasteiger partial charge in [0.05, 0.1) is 84.8 Å². The standard InChI is InChI=1S/C58H78ClN9O10/c1-37-31-49(56(71)62-34-42-9-11-43(12-10-42)46-17-18-60-40(46)4)67(35-37)57(72)54(58(6,7)8)64-51(70)36-78-30-29-77-28-27-76-26-25-75-24-23-74-22-21-73-20-19-61-50(69)33-47-55-66-65-41(5)68(55)48-32-38(2)39(3)52(48)53(63-47)44-13-15-45(59)16-14-44/h9-16,18,37,47,49,54H,17,19-36H2,1-8H3,(H,61,69)(H,62,71)(H,64,70). The topological polar surface area (TPSA) is 218 Å². The minimum atomic E-state index is -0.859. The van der Waals surface area contributed by atoms with Gasteiger partial charge in [-0.15, -0.1) is 10.2 Å². The first-order valence-corrected chi connectivity index (χ1v) is 27.5. The number of rotatable bonds is 29. The van der Waals surface area contributed by atoms with E-state index in [-0.39, 0.29) is 49.9 Å². The molecule has 0 radical (unpaired) electrons. The zero-order valence-corrected chi connectivity index (χ0v) is 47.3. The van der Waals surface area contributed by atoms with Gasteiger partial charge in [0.1, 0.15) is 30.6 Å². The fraction of sp³-hybridized carbons (Fsp3) is 0.552. The molecule has 78 heavy (non-hydrogen) atoms. The third kappa shape index (κ3) is 16.3. The van der Waals surface area contributed by atoms with E-state index in [0.717, 1.165) is 63.6 Å². The highest BCUT2D eigenvalue weighted by Crippen LogP contribution is 2.42. The fourth-order valence-electron chi connectivity index (χ4n) is 9.86. The van der Waals surface area contributed by atoms with E-state index >= 15 is 0 Å². The van der Waals surface area contributed by atoms with Crippen molar-refractivity contribution in [1.29, 1.82) is 0 Å². The largest absolute Gasteiger partial charge is 0.377 e. The van der Waals surface area contributed by atoms with Gasteiger partial charge in [0.2, 0.25) is 23.6 Å². The maximum atomic E-state index is 14.1. The van der Waals surface area contributed by atoms with E-state index in [9.17, 15) is 19.2 Å². The Kier molecular flexibility index (Phi) is 22.1. The number of halogens is 1. The smallest absolute Gasteiger partial charge is 0.246 e. The first kappa shape index (κ1) is 59.7. The van der Waals surface area contributed by atoms with Crippen LogP contribution in [-0.2, 0) is 54.1 Å². The van der Waals surface area contributed by atoms with E-state index < -0.39 is 29.4 Å². The van der Waals surface area contributed by atoms with Crippen LogP contribution in [0.25, 0.3) is 11.3 Å². The van der Waals surface area contributed by atoms with Gasteiger partial charge in [-0.05, 0) is 79.9 Å². The van der Waals surface area contributed by atoms with Gasteiger partial charge in [0.25, 0.3) is 0 Å². The van der Waals surface area contributed by atoms with E-state index in [0.29, 0.717) is 96.4 Å². The number of nitrogens with one attached hydrogen (secondary N) is 3. The quantitative estimate of drug-likeness (QED) is 0.0625. The number of carbonyl (C=O) groups is 4. The number of likely N-dealkylation sites (tertiary alicyclic amines) is 1. The number of hydrogen-bond acceptors (Lipinski definition) is 14. The third-order valence-electron chi connectivity index (χ3n) is 14.1. The summed E-state index contributed by atoms with van der Waals surface area (Å²) in [5, 5.41) is 18.4. The molecule has 422 valence electrons. The van der Waals surface area contributed by atoms with Gasteiger partial charge in [0.15, 0.2) is 5.82 Å². The number of benzene rings is 2. The van der Waals surface area contributed by atoms with E-state index in [2.05, 4.69) is 49.6 Å². The van der Waals surface area contributed by atoms with Crippen molar-refractivity contribution < 1.29 is 47.6 Å². The second-order valence-electron chi connectivity index (χ2n) is 21.2. The molecule has 19 nitrogen and oxygen atoms in total. The van der Waals surface area contributed by atoms with Crippen molar-refractivity contribution in [1.82, 2.24) is 35.6 Å². The summed E-state index contributed by atoms with van der Waals surface area (Å²) < 4.78 is 35.7.